The molecule has 0 radical (unpaired) electrons. The Labute approximate surface area is 136 Å². The minimum Gasteiger partial charge on any atom is -0.444 e. The Morgan fingerprint density at radius 3 is 2.43 bits per heavy atom. The molecule has 0 aromatic heterocycles. The Morgan fingerprint density at radius 1 is 1.09 bits per heavy atom. The summed E-state index contributed by atoms with van der Waals surface area (Å²) in [5.41, 5.74) is 2.04. The van der Waals surface area contributed by atoms with E-state index in [4.69, 9.17) is 4.74 Å². The van der Waals surface area contributed by atoms with Crippen molar-refractivity contribution in [3.63, 3.8) is 0 Å². The molecule has 2 aromatic carbocycles. The molecule has 1 saturated heterocycles. The predicted octanol–water partition coefficient (Wildman–Crippen LogP) is 3.17. The van der Waals surface area contributed by atoms with E-state index in [9.17, 15) is 9.90 Å². The Kier molecular flexibility index (Phi) is 4.93. The molecule has 3 rings (SSSR count). The van der Waals surface area contributed by atoms with Gasteiger partial charge in [-0.1, -0.05) is 60.7 Å². The lowest BCUT2D eigenvalue weighted by Gasteiger charge is -2.16. The molecule has 4 nitrogen and oxygen atoms in total. The van der Waals surface area contributed by atoms with Gasteiger partial charge in [0, 0.05) is 13.0 Å². The lowest BCUT2D eigenvalue weighted by molar-refractivity contribution is 0.126. The first-order valence-corrected chi connectivity index (χ1v) is 7.95. The number of carbonyl (C=O) groups is 1. The maximum atomic E-state index is 11.9. The summed E-state index contributed by atoms with van der Waals surface area (Å²) in [6.45, 7) is 1.08. The predicted molar refractivity (Wildman–Crippen MR) is 88.0 cm³/mol. The fraction of sp³-hybridized carbons (Fsp3) is 0.316. The number of cyclic esters (lactones) is 1. The van der Waals surface area contributed by atoms with Crippen LogP contribution in [0.15, 0.2) is 60.7 Å². The smallest absolute Gasteiger partial charge is 0.410 e. The van der Waals surface area contributed by atoms with E-state index in [1.165, 1.54) is 0 Å². The van der Waals surface area contributed by atoms with Crippen molar-refractivity contribution in [2.45, 2.75) is 25.0 Å². The van der Waals surface area contributed by atoms with Gasteiger partial charge in [-0.15, -0.1) is 0 Å². The van der Waals surface area contributed by atoms with Crippen LogP contribution in [-0.4, -0.2) is 35.3 Å². The summed E-state index contributed by atoms with van der Waals surface area (Å²) in [4.78, 5) is 13.6. The minimum atomic E-state index is -0.558. The van der Waals surface area contributed by atoms with Gasteiger partial charge >= 0.3 is 6.09 Å². The topological polar surface area (TPSA) is 49.8 Å². The van der Waals surface area contributed by atoms with Crippen LogP contribution < -0.4 is 0 Å². The molecule has 0 aliphatic carbocycles. The maximum Gasteiger partial charge on any atom is 0.410 e. The standard InChI is InChI=1S/C19H21NO3/c21-18(16-9-5-2-6-10-16)11-12-20-14-17(23-19(20)22)13-15-7-3-1-4-8-15/h1-10,17-18,21H,11-14H2. The summed E-state index contributed by atoms with van der Waals surface area (Å²) >= 11 is 0. The van der Waals surface area contributed by atoms with Gasteiger partial charge in [0.2, 0.25) is 0 Å². The molecule has 23 heavy (non-hydrogen) atoms. The summed E-state index contributed by atoms with van der Waals surface area (Å²) in [6.07, 6.45) is 0.281. The quantitative estimate of drug-likeness (QED) is 0.891. The molecule has 2 atom stereocenters. The highest BCUT2D eigenvalue weighted by atomic mass is 16.6. The van der Waals surface area contributed by atoms with Gasteiger partial charge in [-0.25, -0.2) is 4.79 Å². The highest BCUT2D eigenvalue weighted by molar-refractivity contribution is 5.69. The van der Waals surface area contributed by atoms with Gasteiger partial charge in [-0.05, 0) is 17.5 Å². The van der Waals surface area contributed by atoms with Crippen LogP contribution in [0.1, 0.15) is 23.7 Å². The zero-order valence-corrected chi connectivity index (χ0v) is 13.0. The van der Waals surface area contributed by atoms with E-state index < -0.39 is 6.10 Å². The van der Waals surface area contributed by atoms with Crippen LogP contribution in [0.2, 0.25) is 0 Å². The number of amides is 1. The first-order valence-electron chi connectivity index (χ1n) is 7.95. The van der Waals surface area contributed by atoms with Gasteiger partial charge in [0.25, 0.3) is 0 Å². The molecule has 2 aromatic rings. The highest BCUT2D eigenvalue weighted by Crippen LogP contribution is 2.20. The van der Waals surface area contributed by atoms with E-state index in [-0.39, 0.29) is 12.2 Å². The molecule has 1 aliphatic rings. The van der Waals surface area contributed by atoms with Gasteiger partial charge in [-0.3, -0.25) is 0 Å². The van der Waals surface area contributed by atoms with Crippen molar-refractivity contribution < 1.29 is 14.6 Å². The van der Waals surface area contributed by atoms with E-state index in [0.717, 1.165) is 17.5 Å². The Morgan fingerprint density at radius 2 is 1.74 bits per heavy atom. The van der Waals surface area contributed by atoms with Crippen LogP contribution in [0, 0.1) is 0 Å². The Hall–Kier alpha value is -2.33. The monoisotopic (exact) mass is 311 g/mol. The molecule has 0 spiro atoms. The Balaban J connectivity index is 1.50. The second-order valence-electron chi connectivity index (χ2n) is 5.86. The molecule has 4 heteroatoms. The SMILES string of the molecule is O=C1OC(Cc2ccccc2)CN1CCC(O)c1ccccc1. The number of aliphatic hydroxyl groups excluding tert-OH is 1. The van der Waals surface area contributed by atoms with E-state index in [0.29, 0.717) is 19.5 Å². The summed E-state index contributed by atoms with van der Waals surface area (Å²) in [6, 6.07) is 19.5. The highest BCUT2D eigenvalue weighted by Gasteiger charge is 2.31. The average Bonchev–Trinajstić information content (AvgIpc) is 2.94. The number of nitrogens with zero attached hydrogens (tertiary/aromatic N) is 1. The summed E-state index contributed by atoms with van der Waals surface area (Å²) in [5.74, 6) is 0. The molecule has 0 saturated carbocycles. The lowest BCUT2D eigenvalue weighted by Crippen LogP contribution is -2.27. The van der Waals surface area contributed by atoms with E-state index in [1.54, 1.807) is 4.90 Å². The maximum absolute atomic E-state index is 11.9. The second-order valence-corrected chi connectivity index (χ2v) is 5.86. The Bertz CT molecular complexity index is 630. The van der Waals surface area contributed by atoms with E-state index >= 15 is 0 Å². The molecule has 0 bridgehead atoms. The zero-order valence-electron chi connectivity index (χ0n) is 13.0. The third-order valence-corrected chi connectivity index (χ3v) is 4.11. The fourth-order valence-corrected chi connectivity index (χ4v) is 2.86. The number of ether oxygens (including phenoxy) is 1. The average molecular weight is 311 g/mol. The molecule has 1 N–H and O–H groups in total. The van der Waals surface area contributed by atoms with Crippen molar-refractivity contribution in [1.29, 1.82) is 0 Å². The van der Waals surface area contributed by atoms with E-state index in [2.05, 4.69) is 0 Å². The van der Waals surface area contributed by atoms with Crippen molar-refractivity contribution >= 4 is 6.09 Å². The van der Waals surface area contributed by atoms with Crippen LogP contribution in [0.25, 0.3) is 0 Å². The number of carbonyl (C=O) groups excluding carboxylic acids is 1. The molecule has 1 heterocycles. The van der Waals surface area contributed by atoms with Crippen molar-refractivity contribution in [1.82, 2.24) is 4.90 Å². The zero-order chi connectivity index (χ0) is 16.1. The number of aliphatic hydroxyl groups is 1. The molecular formula is C19H21NO3. The van der Waals surface area contributed by atoms with Gasteiger partial charge in [0.15, 0.2) is 0 Å². The minimum absolute atomic E-state index is 0.112. The van der Waals surface area contributed by atoms with Gasteiger partial charge < -0.3 is 14.7 Å². The fourth-order valence-electron chi connectivity index (χ4n) is 2.86. The summed E-state index contributed by atoms with van der Waals surface area (Å²) in [5, 5.41) is 10.2. The van der Waals surface area contributed by atoms with Crippen molar-refractivity contribution in [2.24, 2.45) is 0 Å². The van der Waals surface area contributed by atoms with Crippen LogP contribution in [0.5, 0.6) is 0 Å². The molecule has 120 valence electrons. The molecule has 1 amide bonds. The van der Waals surface area contributed by atoms with Gasteiger partial charge in [-0.2, -0.15) is 0 Å². The van der Waals surface area contributed by atoms with Crippen LogP contribution in [0.3, 0.4) is 0 Å². The van der Waals surface area contributed by atoms with Crippen molar-refractivity contribution in [3.05, 3.63) is 71.8 Å². The van der Waals surface area contributed by atoms with Crippen molar-refractivity contribution in [3.8, 4) is 0 Å². The summed E-state index contributed by atoms with van der Waals surface area (Å²) < 4.78 is 5.42. The first kappa shape index (κ1) is 15.6. The van der Waals surface area contributed by atoms with Crippen LogP contribution in [-0.2, 0) is 11.2 Å². The second kappa shape index (κ2) is 7.29. The number of hydrogen-bond donors (Lipinski definition) is 1. The third-order valence-electron chi connectivity index (χ3n) is 4.11. The largest absolute Gasteiger partial charge is 0.444 e. The molecule has 1 fully saturated rings. The van der Waals surface area contributed by atoms with Crippen LogP contribution in [0.4, 0.5) is 4.79 Å². The number of benzene rings is 2. The molecular weight excluding hydrogens is 290 g/mol. The number of hydrogen-bond acceptors (Lipinski definition) is 3. The normalized spacial score (nSPS) is 18.7. The number of rotatable bonds is 6. The first-order chi connectivity index (χ1) is 11.2. The van der Waals surface area contributed by atoms with Crippen molar-refractivity contribution in [2.75, 3.05) is 13.1 Å². The van der Waals surface area contributed by atoms with Gasteiger partial charge in [0.1, 0.15) is 6.10 Å². The summed E-state index contributed by atoms with van der Waals surface area (Å²) in [7, 11) is 0. The van der Waals surface area contributed by atoms with Gasteiger partial charge in [0.05, 0.1) is 12.6 Å². The third kappa shape index (κ3) is 4.11. The van der Waals surface area contributed by atoms with E-state index in [1.807, 2.05) is 60.7 Å². The molecule has 2 unspecified atom stereocenters. The lowest BCUT2D eigenvalue weighted by atomic mass is 10.1. The molecule has 1 aliphatic heterocycles. The van der Waals surface area contributed by atoms with Crippen LogP contribution >= 0.6 is 0 Å².